The van der Waals surface area contributed by atoms with Crippen LogP contribution < -0.4 is 24.8 Å². The van der Waals surface area contributed by atoms with Crippen LogP contribution in [-0.2, 0) is 24.2 Å². The predicted molar refractivity (Wildman–Crippen MR) is 164 cm³/mol. The van der Waals surface area contributed by atoms with Crippen LogP contribution in [0.2, 0.25) is 0 Å². The Bertz CT molecular complexity index is 1420. The minimum atomic E-state index is 0. The van der Waals surface area contributed by atoms with Crippen LogP contribution in [0.5, 0.6) is 0 Å². The Labute approximate surface area is 274 Å². The Kier molecular flexibility index (Phi) is 11.2. The molecular formula is C38H40Cl2Zr-2. The zero-order valence-electron chi connectivity index (χ0n) is 24.3. The van der Waals surface area contributed by atoms with Crippen molar-refractivity contribution in [3.63, 3.8) is 0 Å². The van der Waals surface area contributed by atoms with Crippen molar-refractivity contribution in [1.82, 2.24) is 0 Å². The quantitative estimate of drug-likeness (QED) is 0.292. The third-order valence-electron chi connectivity index (χ3n) is 9.60. The molecule has 0 spiro atoms. The largest absolute Gasteiger partial charge is 0.126 e. The molecular weight excluding hydrogens is 619 g/mol. The van der Waals surface area contributed by atoms with Crippen LogP contribution in [0, 0.1) is 35.2 Å². The number of benzene rings is 3. The van der Waals surface area contributed by atoms with E-state index in [1.165, 1.54) is 63.3 Å². The third-order valence-corrected chi connectivity index (χ3v) is 10.4. The monoisotopic (exact) mass is 656 g/mol. The van der Waals surface area contributed by atoms with E-state index >= 15 is 0 Å². The van der Waals surface area contributed by atoms with E-state index in [1.54, 1.807) is 44.1 Å². The van der Waals surface area contributed by atoms with Crippen LogP contribution in [0.25, 0.3) is 21.5 Å². The second-order valence-electron chi connectivity index (χ2n) is 12.7. The van der Waals surface area contributed by atoms with Crippen LogP contribution in [0.15, 0.2) is 102 Å². The summed E-state index contributed by atoms with van der Waals surface area (Å²) < 4.78 is 2.17. The summed E-state index contributed by atoms with van der Waals surface area (Å²) in [5.74, 6) is 3.82. The zero-order chi connectivity index (χ0) is 26.8. The molecule has 4 aromatic carbocycles. The fraction of sp³-hybridized carbons (Fsp3) is 0.368. The van der Waals surface area contributed by atoms with Crippen LogP contribution in [0.1, 0.15) is 64.4 Å². The first-order valence-electron chi connectivity index (χ1n) is 14.9. The van der Waals surface area contributed by atoms with Crippen molar-refractivity contribution in [3.8, 4) is 0 Å². The first-order chi connectivity index (χ1) is 19.0. The fourth-order valence-corrected chi connectivity index (χ4v) is 8.93. The van der Waals surface area contributed by atoms with E-state index in [2.05, 4.69) is 109 Å². The summed E-state index contributed by atoms with van der Waals surface area (Å²) in [5.41, 5.74) is 5.13. The maximum absolute atomic E-state index is 3.57. The van der Waals surface area contributed by atoms with E-state index in [0.717, 1.165) is 17.8 Å². The van der Waals surface area contributed by atoms with E-state index in [0.29, 0.717) is 11.3 Å². The van der Waals surface area contributed by atoms with Crippen molar-refractivity contribution in [2.75, 3.05) is 0 Å². The van der Waals surface area contributed by atoms with Crippen molar-refractivity contribution in [3.05, 3.63) is 114 Å². The van der Waals surface area contributed by atoms with E-state index in [9.17, 15) is 0 Å². The van der Waals surface area contributed by atoms with Gasteiger partial charge in [0.2, 0.25) is 0 Å². The summed E-state index contributed by atoms with van der Waals surface area (Å²) in [5, 5.41) is 5.39. The molecule has 41 heavy (non-hydrogen) atoms. The zero-order valence-corrected chi connectivity index (χ0v) is 28.2. The predicted octanol–water partition coefficient (Wildman–Crippen LogP) is 4.02. The molecule has 9 rings (SSSR count). The van der Waals surface area contributed by atoms with Gasteiger partial charge in [0.05, 0.1) is 0 Å². The van der Waals surface area contributed by atoms with E-state index < -0.39 is 0 Å². The van der Waals surface area contributed by atoms with Gasteiger partial charge in [0.1, 0.15) is 0 Å². The summed E-state index contributed by atoms with van der Waals surface area (Å²) in [6, 6.07) is 29.6. The van der Waals surface area contributed by atoms with Gasteiger partial charge in [0, 0.05) is 0 Å². The van der Waals surface area contributed by atoms with Crippen molar-refractivity contribution in [2.24, 2.45) is 29.1 Å². The molecule has 3 heteroatoms. The van der Waals surface area contributed by atoms with Gasteiger partial charge in [-0.1, -0.05) is 62.6 Å². The maximum Gasteiger partial charge on any atom is -0.0771 e. The van der Waals surface area contributed by atoms with Gasteiger partial charge in [-0.05, 0) is 61.7 Å². The molecule has 0 nitrogen and oxygen atoms in total. The van der Waals surface area contributed by atoms with Gasteiger partial charge in [0.15, 0.2) is 0 Å². The minimum Gasteiger partial charge on any atom is -0.126 e. The summed E-state index contributed by atoms with van der Waals surface area (Å²) in [7, 11) is 0. The normalized spacial score (nSPS) is 26.9. The van der Waals surface area contributed by atoms with Gasteiger partial charge in [-0.3, -0.25) is 6.08 Å². The van der Waals surface area contributed by atoms with Gasteiger partial charge in [0.25, 0.3) is 0 Å². The van der Waals surface area contributed by atoms with E-state index in [1.807, 2.05) is 6.07 Å². The van der Waals surface area contributed by atoms with Crippen LogP contribution in [0.3, 0.4) is 0 Å². The summed E-state index contributed by atoms with van der Waals surface area (Å²) in [6.07, 6.45) is 16.7. The topological polar surface area (TPSA) is 0 Å². The Morgan fingerprint density at radius 2 is 1.27 bits per heavy atom. The van der Waals surface area contributed by atoms with Crippen molar-refractivity contribution >= 4 is 25.3 Å². The number of hydrogen-bond donors (Lipinski definition) is 0. The third kappa shape index (κ3) is 7.47. The number of allylic oxidation sites excluding steroid dienone is 4. The molecule has 0 saturated heterocycles. The van der Waals surface area contributed by atoms with Crippen molar-refractivity contribution in [1.29, 1.82) is 0 Å². The van der Waals surface area contributed by atoms with Crippen LogP contribution in [0.4, 0.5) is 0 Å². The van der Waals surface area contributed by atoms with Crippen molar-refractivity contribution < 1.29 is 49.0 Å². The van der Waals surface area contributed by atoms with Gasteiger partial charge in [-0.25, -0.2) is 5.57 Å². The summed E-state index contributed by atoms with van der Waals surface area (Å²) >= 11 is 1.46. The number of fused-ring (bicyclic) bond motifs is 3. The van der Waals surface area contributed by atoms with Gasteiger partial charge >= 0.3 is 63.8 Å². The molecule has 212 valence electrons. The molecule has 4 aromatic rings. The second-order valence-corrected chi connectivity index (χ2v) is 13.4. The molecule has 5 aliphatic rings. The van der Waals surface area contributed by atoms with Gasteiger partial charge in [-0.15, -0.1) is 39.7 Å². The summed E-state index contributed by atoms with van der Waals surface area (Å²) in [6.45, 7) is 4.55. The first kappa shape index (κ1) is 32.3. The molecule has 4 bridgehead atoms. The molecule has 0 radical (unpaired) electrons. The Morgan fingerprint density at radius 3 is 1.71 bits per heavy atom. The number of hydrogen-bond acceptors (Lipinski definition) is 0. The molecule has 0 heterocycles. The van der Waals surface area contributed by atoms with Crippen LogP contribution >= 0.6 is 0 Å². The van der Waals surface area contributed by atoms with Crippen molar-refractivity contribution in [2.45, 2.75) is 58.8 Å². The molecule has 0 aromatic heterocycles. The molecule has 0 aliphatic heterocycles. The Balaban J connectivity index is 0.000000149. The molecule has 0 amide bonds. The van der Waals surface area contributed by atoms with E-state index in [4.69, 9.17) is 0 Å². The SMILES string of the molecule is CC1=[C-]C(C)C=C1CC12CC3CC(CC(C3)C1)C2.[Cl-].[Cl-].[Zr+2]=[CH]c1ccccc1.c1ccc2c(c1)[cH-]c1ccccc12. The minimum absolute atomic E-state index is 0. The first-order valence-corrected chi connectivity index (χ1v) is 16.3. The second kappa shape index (κ2) is 14.2. The molecule has 4 fully saturated rings. The maximum atomic E-state index is 3.57. The Morgan fingerprint density at radius 1 is 0.780 bits per heavy atom. The Hall–Kier alpha value is -1.66. The molecule has 4 saturated carbocycles. The smallest absolute Gasteiger partial charge is 0.0771 e. The molecule has 1 unspecified atom stereocenters. The molecule has 5 aliphatic carbocycles. The number of halogens is 2. The van der Waals surface area contributed by atoms with E-state index in [-0.39, 0.29) is 24.8 Å². The van der Waals surface area contributed by atoms with Gasteiger partial charge < -0.3 is 24.8 Å². The molecule has 1 atom stereocenters. The van der Waals surface area contributed by atoms with Gasteiger partial charge in [-0.2, -0.15) is 11.6 Å². The van der Waals surface area contributed by atoms with Crippen LogP contribution in [-0.4, -0.2) is 3.71 Å². The summed E-state index contributed by atoms with van der Waals surface area (Å²) in [4.78, 5) is 0. The average molecular weight is 659 g/mol. The average Bonchev–Trinajstić information content (AvgIpc) is 3.47. The fourth-order valence-electron chi connectivity index (χ4n) is 8.46. The molecule has 0 N–H and O–H groups in total. The standard InChI is InChI=1S/C18H25.C13H9.C7H6.2ClH.Zr/c1-12-3-13(2)17(4-12)11-18-8-14-5-15(9-18)7-16(6-14)10-18;1-3-7-12-10(5-1)9-11-6-2-4-8-13(11)12;1-7-5-3-2-4-6-7;;;/h4,12,14-16H,5-11H2,1-2H3;1-9H;1-6H;2*1H;/q2*-1;;;;+2/p-2. The number of rotatable bonds is 3.